The number of fused-ring (bicyclic) bond motifs is 1. The molecule has 0 fully saturated rings. The van der Waals surface area contributed by atoms with Crippen LogP contribution in [0.25, 0.3) is 17.0 Å². The number of halogens is 2. The first-order valence-corrected chi connectivity index (χ1v) is 7.43. The topological polar surface area (TPSA) is 68.0 Å². The third-order valence-corrected chi connectivity index (χ3v) is 3.66. The SMILES string of the molecule is Fc1cccc(-c2nc(Nc3ccncc3Cl)c3cccn3n2)n1. The van der Waals surface area contributed by atoms with Gasteiger partial charge in [-0.1, -0.05) is 17.7 Å². The zero-order valence-electron chi connectivity index (χ0n) is 12.2. The number of hydrogen-bond donors (Lipinski definition) is 1. The van der Waals surface area contributed by atoms with Gasteiger partial charge in [0.1, 0.15) is 11.2 Å². The Morgan fingerprint density at radius 2 is 2.00 bits per heavy atom. The van der Waals surface area contributed by atoms with E-state index in [0.717, 1.165) is 5.52 Å². The lowest BCUT2D eigenvalue weighted by molar-refractivity contribution is 0.584. The van der Waals surface area contributed by atoms with Gasteiger partial charge in [0.05, 0.1) is 10.7 Å². The molecule has 0 spiro atoms. The van der Waals surface area contributed by atoms with Crippen molar-refractivity contribution in [3.05, 3.63) is 66.0 Å². The molecule has 4 aromatic heterocycles. The molecule has 8 heteroatoms. The van der Waals surface area contributed by atoms with E-state index in [1.165, 1.54) is 12.3 Å². The van der Waals surface area contributed by atoms with Gasteiger partial charge in [-0.3, -0.25) is 4.98 Å². The van der Waals surface area contributed by atoms with Crippen molar-refractivity contribution < 1.29 is 4.39 Å². The van der Waals surface area contributed by atoms with E-state index in [4.69, 9.17) is 11.6 Å². The molecule has 24 heavy (non-hydrogen) atoms. The highest BCUT2D eigenvalue weighted by Gasteiger charge is 2.12. The average Bonchev–Trinajstić information content (AvgIpc) is 3.06. The highest BCUT2D eigenvalue weighted by molar-refractivity contribution is 6.33. The van der Waals surface area contributed by atoms with Crippen LogP contribution in [0.2, 0.25) is 5.02 Å². The van der Waals surface area contributed by atoms with E-state index in [-0.39, 0.29) is 0 Å². The predicted molar refractivity (Wildman–Crippen MR) is 88.7 cm³/mol. The van der Waals surface area contributed by atoms with Crippen LogP contribution in [0.1, 0.15) is 0 Å². The molecule has 1 N–H and O–H groups in total. The number of hydrogen-bond acceptors (Lipinski definition) is 5. The molecule has 4 heterocycles. The zero-order valence-corrected chi connectivity index (χ0v) is 12.9. The third-order valence-electron chi connectivity index (χ3n) is 3.36. The molecule has 0 unspecified atom stereocenters. The first-order valence-electron chi connectivity index (χ1n) is 7.05. The molecule has 6 nitrogen and oxygen atoms in total. The molecule has 0 radical (unpaired) electrons. The number of nitrogens with one attached hydrogen (secondary N) is 1. The normalized spacial score (nSPS) is 10.9. The lowest BCUT2D eigenvalue weighted by Crippen LogP contribution is -2.04. The molecule has 118 valence electrons. The number of aromatic nitrogens is 5. The van der Waals surface area contributed by atoms with E-state index in [1.807, 2.05) is 12.1 Å². The van der Waals surface area contributed by atoms with E-state index in [2.05, 4.69) is 25.4 Å². The van der Waals surface area contributed by atoms with Gasteiger partial charge in [-0.05, 0) is 30.3 Å². The maximum absolute atomic E-state index is 13.4. The summed E-state index contributed by atoms with van der Waals surface area (Å²) >= 11 is 6.14. The lowest BCUT2D eigenvalue weighted by Gasteiger charge is -2.10. The second-order valence-corrected chi connectivity index (χ2v) is 5.36. The van der Waals surface area contributed by atoms with Crippen molar-refractivity contribution in [2.75, 3.05) is 5.32 Å². The van der Waals surface area contributed by atoms with Gasteiger partial charge in [0.15, 0.2) is 5.82 Å². The Bertz CT molecular complexity index is 1030. The van der Waals surface area contributed by atoms with Gasteiger partial charge in [0.25, 0.3) is 0 Å². The zero-order chi connectivity index (χ0) is 16.5. The lowest BCUT2D eigenvalue weighted by atomic mass is 10.3. The molecule has 0 aromatic carbocycles. The van der Waals surface area contributed by atoms with Gasteiger partial charge in [-0.15, -0.1) is 5.10 Å². The molecule has 0 bridgehead atoms. The molecule has 4 aromatic rings. The Balaban J connectivity index is 1.85. The summed E-state index contributed by atoms with van der Waals surface area (Å²) in [6, 6.07) is 9.93. The van der Waals surface area contributed by atoms with E-state index in [0.29, 0.717) is 28.0 Å². The summed E-state index contributed by atoms with van der Waals surface area (Å²) in [6.07, 6.45) is 4.94. The summed E-state index contributed by atoms with van der Waals surface area (Å²) in [7, 11) is 0. The van der Waals surface area contributed by atoms with E-state index in [9.17, 15) is 4.39 Å². The summed E-state index contributed by atoms with van der Waals surface area (Å²) in [5.41, 5.74) is 1.75. The second kappa shape index (κ2) is 5.86. The van der Waals surface area contributed by atoms with Crippen LogP contribution in [0.3, 0.4) is 0 Å². The average molecular weight is 341 g/mol. The van der Waals surface area contributed by atoms with Gasteiger partial charge >= 0.3 is 0 Å². The van der Waals surface area contributed by atoms with Crippen molar-refractivity contribution in [1.29, 1.82) is 0 Å². The first-order chi connectivity index (χ1) is 11.7. The molecular weight excluding hydrogens is 331 g/mol. The molecule has 0 aliphatic heterocycles. The summed E-state index contributed by atoms with van der Waals surface area (Å²) in [6.45, 7) is 0. The number of anilines is 2. The van der Waals surface area contributed by atoms with E-state index < -0.39 is 5.95 Å². The molecule has 4 rings (SSSR count). The van der Waals surface area contributed by atoms with Crippen LogP contribution < -0.4 is 5.32 Å². The highest BCUT2D eigenvalue weighted by atomic mass is 35.5. The minimum absolute atomic E-state index is 0.297. The van der Waals surface area contributed by atoms with Crippen LogP contribution in [0.5, 0.6) is 0 Å². The van der Waals surface area contributed by atoms with Crippen LogP contribution in [0.15, 0.2) is 55.0 Å². The smallest absolute Gasteiger partial charge is 0.213 e. The predicted octanol–water partition coefficient (Wildman–Crippen LogP) is 3.72. The minimum Gasteiger partial charge on any atom is -0.337 e. The van der Waals surface area contributed by atoms with Crippen molar-refractivity contribution in [2.24, 2.45) is 0 Å². The summed E-state index contributed by atoms with van der Waals surface area (Å²) in [5, 5.41) is 7.99. The van der Waals surface area contributed by atoms with Crippen molar-refractivity contribution in [3.63, 3.8) is 0 Å². The van der Waals surface area contributed by atoms with Crippen LogP contribution in [-0.4, -0.2) is 24.6 Å². The number of rotatable bonds is 3. The quantitative estimate of drug-likeness (QED) is 0.576. The van der Waals surface area contributed by atoms with Gasteiger partial charge < -0.3 is 5.32 Å². The summed E-state index contributed by atoms with van der Waals surface area (Å²) < 4.78 is 15.0. The van der Waals surface area contributed by atoms with Crippen molar-refractivity contribution >= 4 is 28.6 Å². The van der Waals surface area contributed by atoms with E-state index in [1.54, 1.807) is 35.1 Å². The Kier molecular flexibility index (Phi) is 3.55. The second-order valence-electron chi connectivity index (χ2n) is 4.95. The highest BCUT2D eigenvalue weighted by Crippen LogP contribution is 2.26. The molecule has 0 amide bonds. The molecular formula is C16H10ClFN6. The van der Waals surface area contributed by atoms with Crippen molar-refractivity contribution in [1.82, 2.24) is 24.6 Å². The molecule has 0 aliphatic carbocycles. The summed E-state index contributed by atoms with van der Waals surface area (Å²) in [5.74, 6) is 0.241. The maximum Gasteiger partial charge on any atom is 0.213 e. The van der Waals surface area contributed by atoms with Crippen molar-refractivity contribution in [3.8, 4) is 11.5 Å². The Hall–Kier alpha value is -3.06. The van der Waals surface area contributed by atoms with E-state index >= 15 is 0 Å². The van der Waals surface area contributed by atoms with Crippen LogP contribution in [0, 0.1) is 5.95 Å². The fourth-order valence-electron chi connectivity index (χ4n) is 2.27. The van der Waals surface area contributed by atoms with Crippen LogP contribution in [0.4, 0.5) is 15.9 Å². The third kappa shape index (κ3) is 2.65. The summed E-state index contributed by atoms with van der Waals surface area (Å²) in [4.78, 5) is 12.3. The standard InChI is InChI=1S/C16H10ClFN6/c17-10-9-19-7-6-11(10)21-16-13-4-2-8-24(13)23-15(22-16)12-3-1-5-14(18)20-12/h1-9H,(H,19,21,22,23). The maximum atomic E-state index is 13.4. The first kappa shape index (κ1) is 14.5. The Morgan fingerprint density at radius 3 is 2.83 bits per heavy atom. The van der Waals surface area contributed by atoms with Crippen LogP contribution in [-0.2, 0) is 0 Å². The van der Waals surface area contributed by atoms with Gasteiger partial charge in [-0.2, -0.15) is 4.39 Å². The largest absolute Gasteiger partial charge is 0.337 e. The number of pyridine rings is 2. The number of nitrogens with zero attached hydrogens (tertiary/aromatic N) is 5. The van der Waals surface area contributed by atoms with Gasteiger partial charge in [0.2, 0.25) is 11.8 Å². The minimum atomic E-state index is -0.588. The Morgan fingerprint density at radius 1 is 1.08 bits per heavy atom. The Labute approximate surface area is 141 Å². The monoisotopic (exact) mass is 340 g/mol. The molecule has 0 saturated heterocycles. The molecule has 0 saturated carbocycles. The fraction of sp³-hybridized carbons (Fsp3) is 0. The molecule has 0 aliphatic rings. The van der Waals surface area contributed by atoms with Crippen molar-refractivity contribution in [2.45, 2.75) is 0 Å². The van der Waals surface area contributed by atoms with Gasteiger partial charge in [0, 0.05) is 18.6 Å². The molecule has 0 atom stereocenters. The van der Waals surface area contributed by atoms with Gasteiger partial charge in [-0.25, -0.2) is 14.5 Å². The van der Waals surface area contributed by atoms with Crippen LogP contribution >= 0.6 is 11.6 Å². The fourth-order valence-corrected chi connectivity index (χ4v) is 2.44.